The summed E-state index contributed by atoms with van der Waals surface area (Å²) in [7, 11) is -5.70. The highest BCUT2D eigenvalue weighted by atomic mass is 32.2. The molecule has 17 heavy (non-hydrogen) atoms. The second kappa shape index (κ2) is 5.22. The first kappa shape index (κ1) is 16.2. The van der Waals surface area contributed by atoms with Crippen molar-refractivity contribution in [3.63, 3.8) is 0 Å². The van der Waals surface area contributed by atoms with E-state index in [-0.39, 0.29) is 0 Å². The standard InChI is InChI=1S/C6H12O10S/c7-1-2(8)3(9)4(10)6(13,5(11)12)17(14,15)16/h2-4,7-10,13H,1H2,(H,11,12)(H,14,15,16)/t2-,3-,4+,6+/m1/s1. The van der Waals surface area contributed by atoms with E-state index in [1.807, 2.05) is 0 Å². The van der Waals surface area contributed by atoms with E-state index in [0.29, 0.717) is 0 Å². The van der Waals surface area contributed by atoms with Gasteiger partial charge in [-0.1, -0.05) is 0 Å². The summed E-state index contributed by atoms with van der Waals surface area (Å²) in [6.07, 6.45) is -7.60. The predicted molar refractivity (Wildman–Crippen MR) is 49.2 cm³/mol. The van der Waals surface area contributed by atoms with Crippen LogP contribution >= 0.6 is 0 Å². The summed E-state index contributed by atoms with van der Waals surface area (Å²) in [5.41, 5.74) is 0. The maximum absolute atomic E-state index is 10.7. The molecule has 0 aliphatic carbocycles. The van der Waals surface area contributed by atoms with Crippen molar-refractivity contribution in [2.24, 2.45) is 0 Å². The van der Waals surface area contributed by atoms with Crippen LogP contribution in [0.2, 0.25) is 0 Å². The van der Waals surface area contributed by atoms with E-state index in [2.05, 4.69) is 0 Å². The highest BCUT2D eigenvalue weighted by Gasteiger charge is 2.58. The molecule has 0 unspecified atom stereocenters. The van der Waals surface area contributed by atoms with Gasteiger partial charge in [0.15, 0.2) is 0 Å². The van der Waals surface area contributed by atoms with Gasteiger partial charge in [0.25, 0.3) is 0 Å². The summed E-state index contributed by atoms with van der Waals surface area (Å²) in [6.45, 7) is -1.14. The summed E-state index contributed by atoms with van der Waals surface area (Å²) in [6, 6.07) is 0. The molecule has 0 aromatic rings. The molecule has 0 radical (unpaired) electrons. The summed E-state index contributed by atoms with van der Waals surface area (Å²) in [5, 5.41) is 53.1. The largest absolute Gasteiger partial charge is 0.478 e. The Balaban J connectivity index is 5.46. The number of hydrogen-bond donors (Lipinski definition) is 7. The molecule has 0 saturated heterocycles. The van der Waals surface area contributed by atoms with Crippen LogP contribution in [-0.2, 0) is 14.9 Å². The molecule has 0 fully saturated rings. The van der Waals surface area contributed by atoms with E-state index in [1.54, 1.807) is 0 Å². The summed E-state index contributed by atoms with van der Waals surface area (Å²) in [5.74, 6) is -2.56. The number of aliphatic hydroxyl groups is 5. The Hall–Kier alpha value is -0.820. The molecule has 0 aromatic carbocycles. The summed E-state index contributed by atoms with van der Waals surface area (Å²) >= 11 is 0. The fraction of sp³-hybridized carbons (Fsp3) is 0.833. The van der Waals surface area contributed by atoms with Crippen LogP contribution in [0.5, 0.6) is 0 Å². The molecule has 4 atom stereocenters. The van der Waals surface area contributed by atoms with Gasteiger partial charge in [0, 0.05) is 0 Å². The average Bonchev–Trinajstić information content (AvgIpc) is 2.22. The van der Waals surface area contributed by atoms with E-state index in [9.17, 15) is 13.2 Å². The molecule has 0 rings (SSSR count). The Morgan fingerprint density at radius 3 is 1.88 bits per heavy atom. The third kappa shape index (κ3) is 2.90. The Labute approximate surface area is 95.1 Å². The van der Waals surface area contributed by atoms with Crippen molar-refractivity contribution in [2.75, 3.05) is 6.61 Å². The molecule has 10 nitrogen and oxygen atoms in total. The lowest BCUT2D eigenvalue weighted by atomic mass is 10.0. The number of hydrogen-bond acceptors (Lipinski definition) is 8. The zero-order valence-electron chi connectivity index (χ0n) is 8.20. The topological polar surface area (TPSA) is 193 Å². The fourth-order valence-corrected chi connectivity index (χ4v) is 1.60. The van der Waals surface area contributed by atoms with Crippen LogP contribution in [0.25, 0.3) is 0 Å². The number of aliphatic hydroxyl groups excluding tert-OH is 4. The van der Waals surface area contributed by atoms with Gasteiger partial charge in [-0.25, -0.2) is 4.79 Å². The van der Waals surface area contributed by atoms with E-state index >= 15 is 0 Å². The van der Waals surface area contributed by atoms with Crippen LogP contribution in [0, 0.1) is 0 Å². The molecule has 0 heterocycles. The van der Waals surface area contributed by atoms with E-state index in [4.69, 9.17) is 35.2 Å². The lowest BCUT2D eigenvalue weighted by molar-refractivity contribution is -0.173. The predicted octanol–water partition coefficient (Wildman–Crippen LogP) is -4.28. The van der Waals surface area contributed by atoms with Crippen LogP contribution in [0.4, 0.5) is 0 Å². The third-order valence-electron chi connectivity index (χ3n) is 2.01. The molecule has 0 aliphatic rings. The maximum Gasteiger partial charge on any atom is 0.357 e. The Morgan fingerprint density at radius 1 is 1.24 bits per heavy atom. The van der Waals surface area contributed by atoms with Crippen LogP contribution in [0.3, 0.4) is 0 Å². The molecule has 102 valence electrons. The summed E-state index contributed by atoms with van der Waals surface area (Å²) < 4.78 is 29.8. The minimum atomic E-state index is -5.70. The zero-order valence-corrected chi connectivity index (χ0v) is 9.02. The van der Waals surface area contributed by atoms with Crippen molar-refractivity contribution in [1.29, 1.82) is 0 Å². The SMILES string of the molecule is O=C(O)[C@](O)([C@@H](O)[C@H](O)[C@H](O)CO)S(=O)(=O)O. The van der Waals surface area contributed by atoms with Crippen LogP contribution < -0.4 is 0 Å². The van der Waals surface area contributed by atoms with Crippen molar-refractivity contribution in [2.45, 2.75) is 23.2 Å². The summed E-state index contributed by atoms with van der Waals surface area (Å²) in [4.78, 5) is 6.40. The van der Waals surface area contributed by atoms with Gasteiger partial charge >= 0.3 is 21.0 Å². The number of carboxylic acids is 1. The van der Waals surface area contributed by atoms with E-state index < -0.39 is 45.9 Å². The van der Waals surface area contributed by atoms with Gasteiger partial charge in [-0.05, 0) is 0 Å². The molecule has 11 heteroatoms. The quantitative estimate of drug-likeness (QED) is 0.233. The Morgan fingerprint density at radius 2 is 1.65 bits per heavy atom. The van der Waals surface area contributed by atoms with Crippen LogP contribution in [0.15, 0.2) is 0 Å². The molecule has 0 spiro atoms. The number of carbonyl (C=O) groups is 1. The molecule has 0 bridgehead atoms. The normalized spacial score (nSPS) is 21.3. The van der Waals surface area contributed by atoms with Crippen molar-refractivity contribution in [3.05, 3.63) is 0 Å². The maximum atomic E-state index is 10.7. The van der Waals surface area contributed by atoms with Gasteiger partial charge in [0.2, 0.25) is 0 Å². The van der Waals surface area contributed by atoms with Gasteiger partial charge in [-0.2, -0.15) is 8.42 Å². The highest BCUT2D eigenvalue weighted by Crippen LogP contribution is 2.22. The van der Waals surface area contributed by atoms with Gasteiger partial charge in [-0.15, -0.1) is 0 Å². The lowest BCUT2D eigenvalue weighted by Gasteiger charge is -2.30. The molecule has 7 N–H and O–H groups in total. The zero-order chi connectivity index (χ0) is 14.0. The highest BCUT2D eigenvalue weighted by molar-refractivity contribution is 7.87. The van der Waals surface area contributed by atoms with Crippen LogP contribution in [0.1, 0.15) is 0 Å². The van der Waals surface area contributed by atoms with Gasteiger partial charge in [0.05, 0.1) is 6.61 Å². The minimum Gasteiger partial charge on any atom is -0.478 e. The minimum absolute atomic E-state index is 1.14. The van der Waals surface area contributed by atoms with Crippen LogP contribution in [-0.4, -0.2) is 79.4 Å². The molecular formula is C6H12O10S. The number of rotatable bonds is 6. The monoisotopic (exact) mass is 276 g/mol. The second-order valence-electron chi connectivity index (χ2n) is 3.16. The fourth-order valence-electron chi connectivity index (χ4n) is 0.939. The smallest absolute Gasteiger partial charge is 0.357 e. The molecule has 0 aliphatic heterocycles. The lowest BCUT2D eigenvalue weighted by Crippen LogP contribution is -2.62. The van der Waals surface area contributed by atoms with Gasteiger partial charge < -0.3 is 30.6 Å². The van der Waals surface area contributed by atoms with E-state index in [0.717, 1.165) is 0 Å². The Kier molecular flexibility index (Phi) is 4.97. The van der Waals surface area contributed by atoms with Gasteiger partial charge in [0.1, 0.15) is 18.3 Å². The third-order valence-corrected chi connectivity index (χ3v) is 3.21. The number of aliphatic carboxylic acids is 1. The first-order valence-electron chi connectivity index (χ1n) is 4.08. The first-order chi connectivity index (χ1) is 7.50. The van der Waals surface area contributed by atoms with Crippen molar-refractivity contribution in [1.82, 2.24) is 0 Å². The number of carboxylic acid groups (broad SMARTS) is 1. The van der Waals surface area contributed by atoms with Gasteiger partial charge in [-0.3, -0.25) is 4.55 Å². The molecular weight excluding hydrogens is 264 g/mol. The first-order valence-corrected chi connectivity index (χ1v) is 5.52. The molecule has 0 aromatic heterocycles. The van der Waals surface area contributed by atoms with Crippen molar-refractivity contribution >= 4 is 16.1 Å². The van der Waals surface area contributed by atoms with E-state index in [1.165, 1.54) is 0 Å². The average molecular weight is 276 g/mol. The Bertz CT molecular complexity index is 376. The molecule has 0 saturated carbocycles. The van der Waals surface area contributed by atoms with Crippen molar-refractivity contribution < 1.29 is 48.4 Å². The van der Waals surface area contributed by atoms with Crippen molar-refractivity contribution in [3.8, 4) is 0 Å². The second-order valence-corrected chi connectivity index (χ2v) is 4.73. The molecule has 0 amide bonds.